The Balaban J connectivity index is 3.34. The van der Waals surface area contributed by atoms with E-state index in [4.69, 9.17) is 0 Å². The van der Waals surface area contributed by atoms with E-state index >= 15 is 0 Å². The second-order valence-corrected chi connectivity index (χ2v) is 3.94. The van der Waals surface area contributed by atoms with Gasteiger partial charge >= 0.3 is 0 Å². The minimum absolute atomic E-state index is 0.131. The van der Waals surface area contributed by atoms with Crippen molar-refractivity contribution in [3.05, 3.63) is 35.1 Å². The molecular formula is C11H11F3O. The first-order valence-electron chi connectivity index (χ1n) is 4.43. The quantitative estimate of drug-likeness (QED) is 0.694. The van der Waals surface area contributed by atoms with Crippen LogP contribution in [0.2, 0.25) is 0 Å². The second-order valence-electron chi connectivity index (χ2n) is 3.94. The summed E-state index contributed by atoms with van der Waals surface area (Å²) in [6, 6.07) is 1.69. The summed E-state index contributed by atoms with van der Waals surface area (Å²) in [6.07, 6.45) is 0. The van der Waals surface area contributed by atoms with Crippen molar-refractivity contribution in [3.8, 4) is 0 Å². The van der Waals surface area contributed by atoms with Crippen LogP contribution in [0.1, 0.15) is 26.3 Å². The first kappa shape index (κ1) is 11.8. The van der Waals surface area contributed by atoms with Crippen molar-refractivity contribution in [2.24, 2.45) is 0 Å². The number of halogens is 3. The van der Waals surface area contributed by atoms with Gasteiger partial charge in [-0.2, -0.15) is 0 Å². The van der Waals surface area contributed by atoms with Crippen LogP contribution in [-0.2, 0) is 10.2 Å². The number of carbonyl (C=O) groups is 1. The van der Waals surface area contributed by atoms with Crippen molar-refractivity contribution in [2.45, 2.75) is 26.2 Å². The zero-order chi connectivity index (χ0) is 11.8. The highest BCUT2D eigenvalue weighted by Gasteiger charge is 2.28. The van der Waals surface area contributed by atoms with E-state index in [0.717, 1.165) is 12.1 Å². The summed E-state index contributed by atoms with van der Waals surface area (Å²) in [5.74, 6) is -4.32. The van der Waals surface area contributed by atoms with E-state index in [2.05, 4.69) is 0 Å². The molecule has 0 fully saturated rings. The third kappa shape index (κ3) is 2.03. The minimum atomic E-state index is -1.52. The molecule has 0 aliphatic carbocycles. The summed E-state index contributed by atoms with van der Waals surface area (Å²) in [4.78, 5) is 11.2. The standard InChI is InChI=1S/C11H11F3O/c1-6(15)11(2,3)7-4-8(12)10(14)9(13)5-7/h4-5H,1-3H3. The molecule has 0 unspecified atom stereocenters. The van der Waals surface area contributed by atoms with Crippen LogP contribution in [0, 0.1) is 17.5 Å². The average molecular weight is 216 g/mol. The maximum Gasteiger partial charge on any atom is 0.194 e. The molecule has 1 nitrogen and oxygen atoms in total. The van der Waals surface area contributed by atoms with E-state index in [-0.39, 0.29) is 11.3 Å². The van der Waals surface area contributed by atoms with E-state index in [1.54, 1.807) is 0 Å². The molecule has 0 aliphatic rings. The fourth-order valence-corrected chi connectivity index (χ4v) is 1.12. The number of benzene rings is 1. The fraction of sp³-hybridized carbons (Fsp3) is 0.364. The van der Waals surface area contributed by atoms with Crippen molar-refractivity contribution < 1.29 is 18.0 Å². The van der Waals surface area contributed by atoms with Gasteiger partial charge < -0.3 is 0 Å². The van der Waals surface area contributed by atoms with Gasteiger partial charge in [0.25, 0.3) is 0 Å². The van der Waals surface area contributed by atoms with Gasteiger partial charge in [-0.05, 0) is 38.5 Å². The molecule has 0 saturated carbocycles. The Bertz CT molecular complexity index is 387. The molecule has 0 N–H and O–H groups in total. The third-order valence-corrected chi connectivity index (χ3v) is 2.59. The van der Waals surface area contributed by atoms with Gasteiger partial charge in [-0.25, -0.2) is 13.2 Å². The van der Waals surface area contributed by atoms with Crippen molar-refractivity contribution in [3.63, 3.8) is 0 Å². The van der Waals surface area contributed by atoms with Gasteiger partial charge in [0.2, 0.25) is 0 Å². The van der Waals surface area contributed by atoms with Gasteiger partial charge in [-0.3, -0.25) is 4.79 Å². The molecule has 0 saturated heterocycles. The number of hydrogen-bond donors (Lipinski definition) is 0. The zero-order valence-corrected chi connectivity index (χ0v) is 8.70. The molecule has 15 heavy (non-hydrogen) atoms. The third-order valence-electron chi connectivity index (χ3n) is 2.59. The lowest BCUT2D eigenvalue weighted by Crippen LogP contribution is -2.27. The lowest BCUT2D eigenvalue weighted by Gasteiger charge is -2.21. The topological polar surface area (TPSA) is 17.1 Å². The normalized spacial score (nSPS) is 11.6. The van der Waals surface area contributed by atoms with E-state index in [0.29, 0.717) is 0 Å². The highest BCUT2D eigenvalue weighted by Crippen LogP contribution is 2.26. The van der Waals surface area contributed by atoms with Crippen molar-refractivity contribution >= 4 is 5.78 Å². The summed E-state index contributed by atoms with van der Waals surface area (Å²) < 4.78 is 38.5. The molecule has 0 radical (unpaired) electrons. The van der Waals surface area contributed by atoms with Crippen LogP contribution < -0.4 is 0 Å². The molecule has 0 atom stereocenters. The number of ketones is 1. The molecule has 4 heteroatoms. The number of hydrogen-bond acceptors (Lipinski definition) is 1. The smallest absolute Gasteiger partial charge is 0.194 e. The fourth-order valence-electron chi connectivity index (χ4n) is 1.12. The van der Waals surface area contributed by atoms with Gasteiger partial charge in [0.05, 0.1) is 0 Å². The maximum absolute atomic E-state index is 12.9. The van der Waals surface area contributed by atoms with Crippen LogP contribution in [0.15, 0.2) is 12.1 Å². The Morgan fingerprint density at radius 2 is 1.53 bits per heavy atom. The van der Waals surface area contributed by atoms with Crippen LogP contribution in [0.4, 0.5) is 13.2 Å². The van der Waals surface area contributed by atoms with Crippen molar-refractivity contribution in [1.29, 1.82) is 0 Å². The number of Topliss-reactive ketones (excluding diaryl/α,β-unsaturated/α-hetero) is 1. The van der Waals surface area contributed by atoms with E-state index < -0.39 is 22.9 Å². The number of carbonyl (C=O) groups excluding carboxylic acids is 1. The molecule has 1 aromatic rings. The second kappa shape index (κ2) is 3.68. The first-order valence-corrected chi connectivity index (χ1v) is 4.43. The summed E-state index contributed by atoms with van der Waals surface area (Å²) in [6.45, 7) is 4.38. The predicted molar refractivity (Wildman–Crippen MR) is 50.0 cm³/mol. The molecule has 0 aromatic heterocycles. The van der Waals surface area contributed by atoms with Crippen LogP contribution in [-0.4, -0.2) is 5.78 Å². The zero-order valence-electron chi connectivity index (χ0n) is 8.70. The van der Waals surface area contributed by atoms with Gasteiger partial charge in [0, 0.05) is 5.41 Å². The molecule has 1 aromatic carbocycles. The molecular weight excluding hydrogens is 205 g/mol. The Morgan fingerprint density at radius 3 is 1.87 bits per heavy atom. The lowest BCUT2D eigenvalue weighted by atomic mass is 9.81. The molecule has 0 bridgehead atoms. The molecule has 0 spiro atoms. The Labute approximate surface area is 85.9 Å². The highest BCUT2D eigenvalue weighted by atomic mass is 19.2. The van der Waals surface area contributed by atoms with E-state index in [9.17, 15) is 18.0 Å². The first-order chi connectivity index (χ1) is 6.76. The Kier molecular flexibility index (Phi) is 2.88. The minimum Gasteiger partial charge on any atom is -0.299 e. The maximum atomic E-state index is 12.9. The Morgan fingerprint density at radius 1 is 1.13 bits per heavy atom. The van der Waals surface area contributed by atoms with E-state index in [1.165, 1.54) is 20.8 Å². The SMILES string of the molecule is CC(=O)C(C)(C)c1cc(F)c(F)c(F)c1. The van der Waals surface area contributed by atoms with Gasteiger partial charge in [0.15, 0.2) is 17.5 Å². The number of rotatable bonds is 2. The van der Waals surface area contributed by atoms with Gasteiger partial charge in [-0.1, -0.05) is 0 Å². The van der Waals surface area contributed by atoms with E-state index in [1.807, 2.05) is 0 Å². The summed E-state index contributed by atoms with van der Waals surface area (Å²) in [5.41, 5.74) is -0.888. The molecule has 1 rings (SSSR count). The summed E-state index contributed by atoms with van der Waals surface area (Å²) in [7, 11) is 0. The average Bonchev–Trinajstić information content (AvgIpc) is 2.13. The van der Waals surface area contributed by atoms with Crippen molar-refractivity contribution in [2.75, 3.05) is 0 Å². The van der Waals surface area contributed by atoms with Crippen LogP contribution >= 0.6 is 0 Å². The lowest BCUT2D eigenvalue weighted by molar-refractivity contribution is -0.121. The molecule has 0 aliphatic heterocycles. The predicted octanol–water partition coefficient (Wildman–Crippen LogP) is 2.97. The van der Waals surface area contributed by atoms with Crippen LogP contribution in [0.25, 0.3) is 0 Å². The molecule has 0 heterocycles. The van der Waals surface area contributed by atoms with Gasteiger partial charge in [-0.15, -0.1) is 0 Å². The van der Waals surface area contributed by atoms with Crippen molar-refractivity contribution in [1.82, 2.24) is 0 Å². The molecule has 0 amide bonds. The summed E-state index contributed by atoms with van der Waals surface area (Å²) >= 11 is 0. The van der Waals surface area contributed by atoms with Crippen LogP contribution in [0.5, 0.6) is 0 Å². The monoisotopic (exact) mass is 216 g/mol. The largest absolute Gasteiger partial charge is 0.299 e. The molecule has 82 valence electrons. The van der Waals surface area contributed by atoms with Crippen LogP contribution in [0.3, 0.4) is 0 Å². The highest BCUT2D eigenvalue weighted by molar-refractivity contribution is 5.87. The Hall–Kier alpha value is -1.32. The van der Waals surface area contributed by atoms with Gasteiger partial charge in [0.1, 0.15) is 5.78 Å². The summed E-state index contributed by atoms with van der Waals surface area (Å²) in [5, 5.41) is 0.